The monoisotopic (exact) mass is 392 g/mol. The Hall–Kier alpha value is -2.32. The van der Waals surface area contributed by atoms with E-state index < -0.39 is 0 Å². The molecular weight excluding hydrogens is 362 g/mol. The van der Waals surface area contributed by atoms with Gasteiger partial charge in [0.1, 0.15) is 0 Å². The number of ether oxygens (including phenoxy) is 3. The summed E-state index contributed by atoms with van der Waals surface area (Å²) < 4.78 is 16.3. The van der Waals surface area contributed by atoms with Crippen molar-refractivity contribution < 1.29 is 28.7 Å². The molecule has 0 spiro atoms. The highest BCUT2D eigenvalue weighted by Gasteiger charge is 2.22. The Labute approximate surface area is 165 Å². The predicted molar refractivity (Wildman–Crippen MR) is 103 cm³/mol. The first-order chi connectivity index (χ1) is 13.6. The zero-order valence-electron chi connectivity index (χ0n) is 16.7. The van der Waals surface area contributed by atoms with Crippen LogP contribution < -0.4 is 14.4 Å². The topological polar surface area (TPSA) is 72.8 Å². The molecule has 0 aromatic heterocycles. The van der Waals surface area contributed by atoms with Gasteiger partial charge in [-0.1, -0.05) is 0 Å². The number of nitrogens with one attached hydrogen (secondary N) is 1. The second-order valence-electron chi connectivity index (χ2n) is 7.25. The van der Waals surface area contributed by atoms with E-state index in [0.29, 0.717) is 43.4 Å². The van der Waals surface area contributed by atoms with Gasteiger partial charge in [-0.25, -0.2) is 0 Å². The van der Waals surface area contributed by atoms with Crippen molar-refractivity contribution in [1.82, 2.24) is 9.80 Å². The molecule has 3 rings (SSSR count). The number of likely N-dealkylation sites (N-methyl/N-ethyl adjacent to an activating group) is 1. The van der Waals surface area contributed by atoms with Crippen LogP contribution in [0.1, 0.15) is 16.8 Å². The number of methoxy groups -OCH3 is 1. The van der Waals surface area contributed by atoms with Gasteiger partial charge in [0.15, 0.2) is 18.1 Å². The van der Waals surface area contributed by atoms with Crippen LogP contribution in [0.2, 0.25) is 0 Å². The number of nitrogens with zero attached hydrogens (tertiary/aromatic N) is 2. The lowest BCUT2D eigenvalue weighted by Crippen LogP contribution is -3.09. The van der Waals surface area contributed by atoms with E-state index in [1.165, 1.54) is 12.0 Å². The third-order valence-electron chi connectivity index (χ3n) is 5.25. The first kappa shape index (κ1) is 20.4. The minimum Gasteiger partial charge on any atom is -0.493 e. The van der Waals surface area contributed by atoms with Crippen LogP contribution in [0.3, 0.4) is 0 Å². The van der Waals surface area contributed by atoms with Crippen LogP contribution in [0.5, 0.6) is 11.5 Å². The van der Waals surface area contributed by atoms with Crippen LogP contribution in [0.15, 0.2) is 18.2 Å². The number of rotatable bonds is 5. The van der Waals surface area contributed by atoms with E-state index in [2.05, 4.69) is 7.05 Å². The summed E-state index contributed by atoms with van der Waals surface area (Å²) in [4.78, 5) is 30.2. The Kier molecular flexibility index (Phi) is 7.11. The Morgan fingerprint density at radius 2 is 1.86 bits per heavy atom. The number of carbonyl (C=O) groups excluding carboxylic acids is 2. The quantitative estimate of drug-likeness (QED) is 0.717. The zero-order valence-corrected chi connectivity index (χ0v) is 16.7. The normalized spacial score (nSPS) is 20.4. The summed E-state index contributed by atoms with van der Waals surface area (Å²) in [5.74, 6) is 0.838. The number of carbonyl (C=O) groups is 2. The van der Waals surface area contributed by atoms with Crippen molar-refractivity contribution in [3.8, 4) is 11.5 Å². The average Bonchev–Trinajstić information content (AvgIpc) is 2.96. The van der Waals surface area contributed by atoms with E-state index in [1.807, 2.05) is 4.90 Å². The number of hydrogen-bond donors (Lipinski definition) is 1. The fourth-order valence-corrected chi connectivity index (χ4v) is 3.48. The maximum atomic E-state index is 12.9. The lowest BCUT2D eigenvalue weighted by atomic mass is 10.1. The molecule has 1 atom stereocenters. The number of hydrogen-bond acceptors (Lipinski definition) is 5. The van der Waals surface area contributed by atoms with Crippen LogP contribution in [-0.4, -0.2) is 94.9 Å². The summed E-state index contributed by atoms with van der Waals surface area (Å²) in [6.07, 6.45) is 1.000. The smallest absolute Gasteiger partial charge is 0.260 e. The molecule has 0 radical (unpaired) electrons. The Bertz CT molecular complexity index is 690. The molecular formula is C20H30N3O5+. The summed E-state index contributed by atoms with van der Waals surface area (Å²) in [5, 5.41) is 0. The van der Waals surface area contributed by atoms with Crippen molar-refractivity contribution in [3.05, 3.63) is 23.8 Å². The highest BCUT2D eigenvalue weighted by molar-refractivity contribution is 5.95. The van der Waals surface area contributed by atoms with Crippen molar-refractivity contribution in [1.29, 1.82) is 0 Å². The van der Waals surface area contributed by atoms with Gasteiger partial charge >= 0.3 is 0 Å². The molecule has 2 aliphatic rings. The molecule has 2 fully saturated rings. The van der Waals surface area contributed by atoms with Gasteiger partial charge in [0, 0.05) is 31.6 Å². The van der Waals surface area contributed by atoms with E-state index in [4.69, 9.17) is 14.2 Å². The summed E-state index contributed by atoms with van der Waals surface area (Å²) in [6, 6.07) is 5.13. The highest BCUT2D eigenvalue weighted by Crippen LogP contribution is 2.28. The SMILES string of the molecule is COc1cc(C(=O)N2CCC[NH+](C)CC2)ccc1OCC(=O)N1CCOCC1. The molecule has 154 valence electrons. The highest BCUT2D eigenvalue weighted by atomic mass is 16.5. The van der Waals surface area contributed by atoms with Gasteiger partial charge in [-0.2, -0.15) is 0 Å². The molecule has 0 aliphatic carbocycles. The minimum atomic E-state index is -0.0818. The van der Waals surface area contributed by atoms with Crippen molar-refractivity contribution in [2.45, 2.75) is 6.42 Å². The van der Waals surface area contributed by atoms with Crippen LogP contribution in [-0.2, 0) is 9.53 Å². The van der Waals surface area contributed by atoms with Crippen LogP contribution in [0, 0.1) is 0 Å². The summed E-state index contributed by atoms with van der Waals surface area (Å²) >= 11 is 0. The van der Waals surface area contributed by atoms with Gasteiger partial charge in [0.25, 0.3) is 11.8 Å². The minimum absolute atomic E-state index is 0.00365. The van der Waals surface area contributed by atoms with E-state index in [1.54, 1.807) is 23.1 Å². The molecule has 1 N–H and O–H groups in total. The lowest BCUT2D eigenvalue weighted by molar-refractivity contribution is -0.877. The first-order valence-electron chi connectivity index (χ1n) is 9.85. The molecule has 2 saturated heterocycles. The Balaban J connectivity index is 1.62. The molecule has 2 aliphatic heterocycles. The van der Waals surface area contributed by atoms with Gasteiger partial charge < -0.3 is 28.9 Å². The molecule has 2 heterocycles. The van der Waals surface area contributed by atoms with Crippen LogP contribution in [0.25, 0.3) is 0 Å². The van der Waals surface area contributed by atoms with E-state index >= 15 is 0 Å². The van der Waals surface area contributed by atoms with E-state index in [-0.39, 0.29) is 18.4 Å². The van der Waals surface area contributed by atoms with Crippen molar-refractivity contribution >= 4 is 11.8 Å². The lowest BCUT2D eigenvalue weighted by Gasteiger charge is -2.26. The molecule has 1 aromatic rings. The molecule has 1 unspecified atom stereocenters. The standard InChI is InChI=1S/C20H29N3O5/c1-21-6-3-7-23(9-8-21)20(25)16-4-5-17(18(14-16)26-2)28-15-19(24)22-10-12-27-13-11-22/h4-5,14H,3,6-13,15H2,1-2H3/p+1. The third kappa shape index (κ3) is 5.14. The molecule has 2 amide bonds. The molecule has 0 bridgehead atoms. The first-order valence-corrected chi connectivity index (χ1v) is 9.85. The molecule has 8 heteroatoms. The van der Waals surface area contributed by atoms with Crippen molar-refractivity contribution in [2.75, 3.05) is 73.2 Å². The van der Waals surface area contributed by atoms with Crippen LogP contribution >= 0.6 is 0 Å². The molecule has 8 nitrogen and oxygen atoms in total. The van der Waals surface area contributed by atoms with E-state index in [0.717, 1.165) is 32.6 Å². The van der Waals surface area contributed by atoms with Gasteiger partial charge in [-0.3, -0.25) is 9.59 Å². The fourth-order valence-electron chi connectivity index (χ4n) is 3.48. The van der Waals surface area contributed by atoms with Gasteiger partial charge in [0.2, 0.25) is 0 Å². The zero-order chi connectivity index (χ0) is 19.9. The molecule has 28 heavy (non-hydrogen) atoms. The van der Waals surface area contributed by atoms with E-state index in [9.17, 15) is 9.59 Å². The summed E-state index contributed by atoms with van der Waals surface area (Å²) in [7, 11) is 3.69. The fraction of sp³-hybridized carbons (Fsp3) is 0.600. The molecule has 0 saturated carbocycles. The number of quaternary nitrogens is 1. The number of amides is 2. The molecule has 1 aromatic carbocycles. The summed E-state index contributed by atoms with van der Waals surface area (Å²) in [5.41, 5.74) is 0.572. The average molecular weight is 392 g/mol. The second kappa shape index (κ2) is 9.75. The maximum Gasteiger partial charge on any atom is 0.260 e. The second-order valence-corrected chi connectivity index (χ2v) is 7.25. The van der Waals surface area contributed by atoms with Crippen molar-refractivity contribution in [3.63, 3.8) is 0 Å². The third-order valence-corrected chi connectivity index (χ3v) is 5.25. The Morgan fingerprint density at radius 3 is 2.61 bits per heavy atom. The van der Waals surface area contributed by atoms with Crippen LogP contribution in [0.4, 0.5) is 0 Å². The number of benzene rings is 1. The number of morpholine rings is 1. The summed E-state index contributed by atoms with van der Waals surface area (Å²) in [6.45, 7) is 5.76. The van der Waals surface area contributed by atoms with Crippen molar-refractivity contribution in [2.24, 2.45) is 0 Å². The van der Waals surface area contributed by atoms with Gasteiger partial charge in [-0.15, -0.1) is 0 Å². The maximum absolute atomic E-state index is 12.9. The largest absolute Gasteiger partial charge is 0.493 e. The predicted octanol–water partition coefficient (Wildman–Crippen LogP) is -0.707. The van der Waals surface area contributed by atoms with Gasteiger partial charge in [-0.05, 0) is 18.2 Å². The van der Waals surface area contributed by atoms with Gasteiger partial charge in [0.05, 0.1) is 47.0 Å². The Morgan fingerprint density at radius 1 is 1.07 bits per heavy atom.